The first kappa shape index (κ1) is 19.5. The normalized spacial score (nSPS) is 26.6. The summed E-state index contributed by atoms with van der Waals surface area (Å²) < 4.78 is 29.1. The molecule has 3 aromatic heterocycles. The Labute approximate surface area is 161 Å². The maximum absolute atomic E-state index is 12.0. The number of aliphatic hydroxyl groups is 2. The van der Waals surface area contributed by atoms with Gasteiger partial charge in [-0.1, -0.05) is 0 Å². The minimum absolute atomic E-state index is 0.00316. The predicted molar refractivity (Wildman–Crippen MR) is 89.7 cm³/mol. The number of rotatable bonds is 6. The van der Waals surface area contributed by atoms with Gasteiger partial charge < -0.3 is 30.4 Å². The number of ether oxygens (including phenoxy) is 1. The maximum atomic E-state index is 12.0. The Hall–Kier alpha value is -2.81. The minimum Gasteiger partial charge on any atom is -0.857 e. The van der Waals surface area contributed by atoms with Gasteiger partial charge in [0.25, 0.3) is 0 Å². The van der Waals surface area contributed by atoms with Gasteiger partial charge in [0, 0.05) is 12.1 Å². The van der Waals surface area contributed by atoms with E-state index in [4.69, 9.17) is 19.6 Å². The number of aliphatic hydroxyl groups excluding tert-OH is 2. The average Bonchev–Trinajstić information content (AvgIpc) is 3.35. The van der Waals surface area contributed by atoms with Crippen molar-refractivity contribution < 1.29 is 38.7 Å². The third-order valence-corrected chi connectivity index (χ3v) is 4.97. The van der Waals surface area contributed by atoms with Gasteiger partial charge in [0.1, 0.15) is 30.2 Å². The summed E-state index contributed by atoms with van der Waals surface area (Å²) in [6.45, 7) is -0.590. The summed E-state index contributed by atoms with van der Waals surface area (Å²) in [5, 5.41) is 32.4. The van der Waals surface area contributed by atoms with Crippen LogP contribution in [0.1, 0.15) is 6.23 Å². The number of aromatic nitrogens is 6. The van der Waals surface area contributed by atoms with Crippen LogP contribution in [0, 0.1) is 0 Å². The first-order chi connectivity index (χ1) is 13.7. The van der Waals surface area contributed by atoms with Gasteiger partial charge in [0.15, 0.2) is 11.9 Å². The summed E-state index contributed by atoms with van der Waals surface area (Å²) in [5.74, 6) is -1.01. The number of phosphoric ester groups is 1. The molecular formula is C13H15N7O8P-. The number of phosphoric acid groups is 1. The third kappa shape index (κ3) is 3.74. The molecule has 15 nitrogen and oxygen atoms in total. The highest BCUT2D eigenvalue weighted by Gasteiger charge is 2.45. The monoisotopic (exact) mass is 428 g/mol. The SMILES string of the molecule is Nc1nc([O-])c2ncn([C@@H]3O[C@H](COP(=O)(O)On4ccnc4)[C@@H](O)[C@H]3O)c2n1. The number of nitrogen functional groups attached to an aromatic ring is 1. The molecule has 29 heavy (non-hydrogen) atoms. The molecule has 0 bridgehead atoms. The second kappa shape index (κ2) is 7.22. The molecule has 0 spiro atoms. The zero-order chi connectivity index (χ0) is 20.8. The Morgan fingerprint density at radius 3 is 2.83 bits per heavy atom. The van der Waals surface area contributed by atoms with Crippen molar-refractivity contribution in [1.82, 2.24) is 29.2 Å². The van der Waals surface area contributed by atoms with Crippen LogP contribution in [0.25, 0.3) is 11.2 Å². The fraction of sp³-hybridized carbons (Fsp3) is 0.385. The second-order valence-electron chi connectivity index (χ2n) is 6.03. The lowest BCUT2D eigenvalue weighted by Crippen LogP contribution is -2.33. The van der Waals surface area contributed by atoms with Gasteiger partial charge >= 0.3 is 7.82 Å². The number of fused-ring (bicyclic) bond motifs is 1. The van der Waals surface area contributed by atoms with Gasteiger partial charge in [-0.3, -0.25) is 14.0 Å². The zero-order valence-corrected chi connectivity index (χ0v) is 15.3. The first-order valence-corrected chi connectivity index (χ1v) is 9.59. The van der Waals surface area contributed by atoms with E-state index in [0.29, 0.717) is 0 Å². The summed E-state index contributed by atoms with van der Waals surface area (Å²) in [4.78, 5) is 24.6. The van der Waals surface area contributed by atoms with E-state index < -0.39 is 44.8 Å². The van der Waals surface area contributed by atoms with Crippen molar-refractivity contribution in [1.29, 1.82) is 0 Å². The average molecular weight is 428 g/mol. The third-order valence-electron chi connectivity index (χ3n) is 4.10. The lowest BCUT2D eigenvalue weighted by atomic mass is 10.1. The summed E-state index contributed by atoms with van der Waals surface area (Å²) in [7, 11) is -4.56. The van der Waals surface area contributed by atoms with Crippen LogP contribution >= 0.6 is 7.82 Å². The zero-order valence-electron chi connectivity index (χ0n) is 14.4. The van der Waals surface area contributed by atoms with E-state index in [0.717, 1.165) is 11.1 Å². The summed E-state index contributed by atoms with van der Waals surface area (Å²) >= 11 is 0. The molecule has 1 aliphatic heterocycles. The molecule has 156 valence electrons. The Morgan fingerprint density at radius 2 is 2.10 bits per heavy atom. The molecule has 3 aromatic rings. The van der Waals surface area contributed by atoms with E-state index in [1.807, 2.05) is 0 Å². The molecule has 1 saturated heterocycles. The van der Waals surface area contributed by atoms with Crippen LogP contribution in [0.15, 0.2) is 25.0 Å². The lowest BCUT2D eigenvalue weighted by Gasteiger charge is -2.18. The van der Waals surface area contributed by atoms with E-state index in [1.54, 1.807) is 0 Å². The first-order valence-electron chi connectivity index (χ1n) is 8.09. The molecule has 0 radical (unpaired) electrons. The second-order valence-corrected chi connectivity index (χ2v) is 7.38. The van der Waals surface area contributed by atoms with Crippen molar-refractivity contribution in [3.8, 4) is 5.88 Å². The molecule has 1 unspecified atom stereocenters. The standard InChI is InChI=1S/C13H16N7O8P/c14-13-17-10-7(11(23)18-13)16-5-20(10)12-9(22)8(21)6(27-12)3-26-29(24,25)28-19-2-1-15-4-19/h1-2,4-6,8-9,12,21-22H,3H2,(H,24,25)(H3,14,17,18,23)/p-1/t6-,8-,9-,12-/m1/s1. The fourth-order valence-electron chi connectivity index (χ4n) is 2.80. The van der Waals surface area contributed by atoms with Crippen LogP contribution in [0.3, 0.4) is 0 Å². The van der Waals surface area contributed by atoms with Gasteiger partial charge in [0.2, 0.25) is 5.95 Å². The van der Waals surface area contributed by atoms with Gasteiger partial charge in [0.05, 0.1) is 19.1 Å². The van der Waals surface area contributed by atoms with Crippen LogP contribution in [0.4, 0.5) is 5.95 Å². The van der Waals surface area contributed by atoms with Crippen molar-refractivity contribution >= 4 is 24.9 Å². The smallest absolute Gasteiger partial charge is 0.546 e. The molecule has 0 aliphatic carbocycles. The number of nitrogens with two attached hydrogens (primary N) is 1. The Bertz CT molecular complexity index is 1060. The number of hydrogen-bond acceptors (Lipinski definition) is 12. The maximum Gasteiger partial charge on any atom is 0.546 e. The number of anilines is 1. The number of imidazole rings is 2. The Kier molecular flexibility index (Phi) is 4.85. The van der Waals surface area contributed by atoms with Gasteiger partial charge in [-0.15, -0.1) is 0 Å². The van der Waals surface area contributed by atoms with E-state index in [1.165, 1.54) is 23.3 Å². The molecule has 0 aromatic carbocycles. The van der Waals surface area contributed by atoms with Gasteiger partial charge in [-0.05, 0) is 0 Å². The van der Waals surface area contributed by atoms with Crippen molar-refractivity contribution in [2.45, 2.75) is 24.5 Å². The van der Waals surface area contributed by atoms with E-state index in [9.17, 15) is 24.8 Å². The van der Waals surface area contributed by atoms with Crippen molar-refractivity contribution in [2.24, 2.45) is 0 Å². The topological polar surface area (TPSA) is 216 Å². The van der Waals surface area contributed by atoms with E-state index in [2.05, 4.69) is 19.9 Å². The molecule has 4 heterocycles. The molecule has 0 amide bonds. The van der Waals surface area contributed by atoms with E-state index >= 15 is 0 Å². The lowest BCUT2D eigenvalue weighted by molar-refractivity contribution is -0.272. The highest BCUT2D eigenvalue weighted by molar-refractivity contribution is 7.47. The quantitative estimate of drug-likeness (QED) is 0.300. The summed E-state index contributed by atoms with van der Waals surface area (Å²) in [6, 6.07) is 0. The van der Waals surface area contributed by atoms with E-state index in [-0.39, 0.29) is 17.1 Å². The number of hydrogen-bond donors (Lipinski definition) is 4. The van der Waals surface area contributed by atoms with Crippen LogP contribution in [0.2, 0.25) is 0 Å². The van der Waals surface area contributed by atoms with Crippen LogP contribution in [-0.2, 0) is 13.8 Å². The molecule has 16 heteroatoms. The predicted octanol–water partition coefficient (Wildman–Crippen LogP) is -2.46. The molecule has 1 fully saturated rings. The molecule has 5 N–H and O–H groups in total. The van der Waals surface area contributed by atoms with Crippen molar-refractivity contribution in [2.75, 3.05) is 12.3 Å². The number of nitrogens with zero attached hydrogens (tertiary/aromatic N) is 6. The van der Waals surface area contributed by atoms with Gasteiger partial charge in [-0.2, -0.15) is 9.71 Å². The molecule has 5 atom stereocenters. The van der Waals surface area contributed by atoms with Crippen molar-refractivity contribution in [3.05, 3.63) is 25.0 Å². The molecular weight excluding hydrogens is 413 g/mol. The highest BCUT2D eigenvalue weighted by atomic mass is 31.2. The summed E-state index contributed by atoms with van der Waals surface area (Å²) in [6.07, 6.45) is -0.497. The van der Waals surface area contributed by atoms with Crippen LogP contribution in [0.5, 0.6) is 5.88 Å². The van der Waals surface area contributed by atoms with Crippen LogP contribution < -0.4 is 15.5 Å². The summed E-state index contributed by atoms with van der Waals surface area (Å²) in [5.41, 5.74) is 5.37. The van der Waals surface area contributed by atoms with Gasteiger partial charge in [-0.25, -0.2) is 19.5 Å². The van der Waals surface area contributed by atoms with Crippen molar-refractivity contribution in [3.63, 3.8) is 0 Å². The largest absolute Gasteiger partial charge is 0.857 e. The fourth-order valence-corrected chi connectivity index (χ4v) is 3.51. The Balaban J connectivity index is 1.49. The minimum atomic E-state index is -4.56. The highest BCUT2D eigenvalue weighted by Crippen LogP contribution is 2.41. The molecule has 0 saturated carbocycles. The molecule has 4 rings (SSSR count). The Morgan fingerprint density at radius 1 is 1.31 bits per heavy atom. The molecule has 1 aliphatic rings. The van der Waals surface area contributed by atoms with Crippen LogP contribution in [-0.4, -0.2) is 69.3 Å².